The fourth-order valence-corrected chi connectivity index (χ4v) is 4.44. The molecule has 0 radical (unpaired) electrons. The highest BCUT2D eigenvalue weighted by Crippen LogP contribution is 2.30. The number of aryl methyl sites for hydroxylation is 3. The van der Waals surface area contributed by atoms with Crippen molar-refractivity contribution in [1.82, 2.24) is 20.2 Å². The Hall–Kier alpha value is -2.29. The quantitative estimate of drug-likeness (QED) is 0.782. The summed E-state index contributed by atoms with van der Waals surface area (Å²) in [5.41, 5.74) is 5.33. The van der Waals surface area contributed by atoms with Gasteiger partial charge >= 0.3 is 0 Å². The minimum absolute atomic E-state index is 0.259. The highest BCUT2D eigenvalue weighted by Gasteiger charge is 2.32. The first-order valence-electron chi connectivity index (χ1n) is 10.5. The number of aromatic nitrogens is 2. The SMILES string of the molecule is Cc1ccc(-c2cc(CCCNC3CC4CCN3CC4)nc(C#N)n2)cc1C. The molecule has 28 heavy (non-hydrogen) atoms. The normalized spacial score (nSPS) is 23.5. The first kappa shape index (κ1) is 19.0. The van der Waals surface area contributed by atoms with E-state index in [-0.39, 0.29) is 5.82 Å². The van der Waals surface area contributed by atoms with Gasteiger partial charge in [0.05, 0.1) is 11.9 Å². The van der Waals surface area contributed by atoms with Crippen LogP contribution in [-0.2, 0) is 6.42 Å². The zero-order valence-corrected chi connectivity index (χ0v) is 16.9. The molecule has 3 aliphatic rings. The van der Waals surface area contributed by atoms with Crippen molar-refractivity contribution in [1.29, 1.82) is 5.26 Å². The van der Waals surface area contributed by atoms with E-state index in [1.54, 1.807) is 0 Å². The standard InChI is InChI=1S/C23H29N5/c1-16-5-6-19(12-17(16)2)21-14-20(26-22(15-24)27-21)4-3-9-25-23-13-18-7-10-28(23)11-8-18/h5-6,12,14,18,23,25H,3-4,7-11,13H2,1-2H3. The molecule has 5 nitrogen and oxygen atoms in total. The molecular formula is C23H29N5. The molecule has 3 saturated heterocycles. The van der Waals surface area contributed by atoms with Gasteiger partial charge in [-0.05, 0) is 94.8 Å². The third-order valence-corrected chi connectivity index (χ3v) is 6.32. The lowest BCUT2D eigenvalue weighted by atomic mass is 9.86. The number of benzene rings is 1. The van der Waals surface area contributed by atoms with Crippen LogP contribution in [0.5, 0.6) is 0 Å². The van der Waals surface area contributed by atoms with Gasteiger partial charge in [0, 0.05) is 11.3 Å². The van der Waals surface area contributed by atoms with Crippen LogP contribution >= 0.6 is 0 Å². The first-order chi connectivity index (χ1) is 13.6. The van der Waals surface area contributed by atoms with Gasteiger partial charge in [0.25, 0.3) is 0 Å². The maximum atomic E-state index is 9.34. The lowest BCUT2D eigenvalue weighted by molar-refractivity contribution is 0.0314. The largest absolute Gasteiger partial charge is 0.302 e. The van der Waals surface area contributed by atoms with Crippen molar-refractivity contribution < 1.29 is 0 Å². The predicted molar refractivity (Wildman–Crippen MR) is 111 cm³/mol. The second-order valence-electron chi connectivity index (χ2n) is 8.27. The van der Waals surface area contributed by atoms with E-state index in [1.807, 2.05) is 6.07 Å². The van der Waals surface area contributed by atoms with Gasteiger partial charge in [0.1, 0.15) is 6.07 Å². The third kappa shape index (κ3) is 4.24. The van der Waals surface area contributed by atoms with Crippen LogP contribution in [0.25, 0.3) is 11.3 Å². The molecule has 2 aromatic rings. The van der Waals surface area contributed by atoms with Crippen molar-refractivity contribution in [2.75, 3.05) is 19.6 Å². The van der Waals surface area contributed by atoms with Crippen molar-refractivity contribution in [2.24, 2.45) is 5.92 Å². The minimum Gasteiger partial charge on any atom is -0.302 e. The monoisotopic (exact) mass is 375 g/mol. The fourth-order valence-electron chi connectivity index (χ4n) is 4.44. The molecule has 2 bridgehead atoms. The molecule has 5 heteroatoms. The van der Waals surface area contributed by atoms with E-state index in [0.717, 1.165) is 42.3 Å². The Balaban J connectivity index is 1.39. The van der Waals surface area contributed by atoms with Crippen molar-refractivity contribution in [2.45, 2.75) is 52.1 Å². The van der Waals surface area contributed by atoms with E-state index in [0.29, 0.717) is 6.17 Å². The molecule has 0 saturated carbocycles. The summed E-state index contributed by atoms with van der Waals surface area (Å²) in [6, 6.07) is 10.5. The Bertz CT molecular complexity index is 877. The Morgan fingerprint density at radius 2 is 1.96 bits per heavy atom. The van der Waals surface area contributed by atoms with Crippen LogP contribution in [0, 0.1) is 31.1 Å². The number of nitriles is 1. The van der Waals surface area contributed by atoms with Gasteiger partial charge in [0.15, 0.2) is 0 Å². The molecule has 0 aliphatic carbocycles. The predicted octanol–water partition coefficient (Wildman–Crippen LogP) is 3.60. The van der Waals surface area contributed by atoms with Crippen LogP contribution in [0.15, 0.2) is 24.3 Å². The van der Waals surface area contributed by atoms with Gasteiger partial charge in [-0.2, -0.15) is 5.26 Å². The van der Waals surface area contributed by atoms with Gasteiger partial charge in [0.2, 0.25) is 5.82 Å². The minimum atomic E-state index is 0.259. The summed E-state index contributed by atoms with van der Waals surface area (Å²) < 4.78 is 0. The lowest BCUT2D eigenvalue weighted by Gasteiger charge is -2.45. The summed E-state index contributed by atoms with van der Waals surface area (Å²) in [4.78, 5) is 11.4. The summed E-state index contributed by atoms with van der Waals surface area (Å²) in [5, 5.41) is 13.1. The third-order valence-electron chi connectivity index (χ3n) is 6.32. The summed E-state index contributed by atoms with van der Waals surface area (Å²) in [7, 11) is 0. The number of rotatable bonds is 6. The van der Waals surface area contributed by atoms with Crippen LogP contribution in [0.2, 0.25) is 0 Å². The molecule has 5 rings (SSSR count). The molecule has 3 fully saturated rings. The number of nitrogens with zero attached hydrogens (tertiary/aromatic N) is 4. The Kier molecular flexibility index (Phi) is 5.70. The van der Waals surface area contributed by atoms with Gasteiger partial charge in [-0.15, -0.1) is 0 Å². The van der Waals surface area contributed by atoms with Gasteiger partial charge in [-0.25, -0.2) is 9.97 Å². The molecule has 1 aromatic heterocycles. The molecule has 0 spiro atoms. The van der Waals surface area contributed by atoms with E-state index >= 15 is 0 Å². The van der Waals surface area contributed by atoms with Crippen LogP contribution in [-0.4, -0.2) is 40.7 Å². The molecule has 3 aliphatic heterocycles. The van der Waals surface area contributed by atoms with Gasteiger partial charge in [-0.3, -0.25) is 4.90 Å². The lowest BCUT2D eigenvalue weighted by Crippen LogP contribution is -2.55. The number of hydrogen-bond donors (Lipinski definition) is 1. The molecule has 1 aromatic carbocycles. The van der Waals surface area contributed by atoms with E-state index in [4.69, 9.17) is 0 Å². The number of hydrogen-bond acceptors (Lipinski definition) is 5. The summed E-state index contributed by atoms with van der Waals surface area (Å²) in [5.74, 6) is 1.18. The average molecular weight is 376 g/mol. The summed E-state index contributed by atoms with van der Waals surface area (Å²) in [6.07, 6.45) is 6.47. The van der Waals surface area contributed by atoms with Crippen molar-refractivity contribution in [3.05, 3.63) is 46.9 Å². The highest BCUT2D eigenvalue weighted by molar-refractivity contribution is 5.61. The van der Waals surface area contributed by atoms with Crippen LogP contribution in [0.1, 0.15) is 48.3 Å². The molecule has 4 heterocycles. The average Bonchev–Trinajstić information content (AvgIpc) is 2.74. The number of nitrogens with one attached hydrogen (secondary N) is 1. The molecular weight excluding hydrogens is 346 g/mol. The zero-order chi connectivity index (χ0) is 19.5. The summed E-state index contributed by atoms with van der Waals surface area (Å²) >= 11 is 0. The first-order valence-corrected chi connectivity index (χ1v) is 10.5. The number of piperidine rings is 3. The molecule has 146 valence electrons. The highest BCUT2D eigenvalue weighted by atomic mass is 15.3. The smallest absolute Gasteiger partial charge is 0.232 e. The Morgan fingerprint density at radius 3 is 2.64 bits per heavy atom. The second-order valence-corrected chi connectivity index (χ2v) is 8.27. The number of fused-ring (bicyclic) bond motifs is 3. The fraction of sp³-hybridized carbons (Fsp3) is 0.522. The summed E-state index contributed by atoms with van der Waals surface area (Å²) in [6.45, 7) is 7.69. The van der Waals surface area contributed by atoms with Crippen molar-refractivity contribution >= 4 is 0 Å². The molecule has 1 atom stereocenters. The van der Waals surface area contributed by atoms with Crippen LogP contribution in [0.3, 0.4) is 0 Å². The van der Waals surface area contributed by atoms with Crippen LogP contribution < -0.4 is 5.32 Å². The molecule has 0 amide bonds. The maximum Gasteiger partial charge on any atom is 0.232 e. The van der Waals surface area contributed by atoms with Gasteiger partial charge < -0.3 is 5.32 Å². The second kappa shape index (κ2) is 8.38. The maximum absolute atomic E-state index is 9.34. The molecule has 1 unspecified atom stereocenters. The van der Waals surface area contributed by atoms with Crippen molar-refractivity contribution in [3.63, 3.8) is 0 Å². The molecule has 1 N–H and O–H groups in total. The van der Waals surface area contributed by atoms with E-state index in [9.17, 15) is 5.26 Å². The van der Waals surface area contributed by atoms with E-state index in [2.05, 4.69) is 58.3 Å². The van der Waals surface area contributed by atoms with E-state index < -0.39 is 0 Å². The topological polar surface area (TPSA) is 64.8 Å². The van der Waals surface area contributed by atoms with Crippen molar-refractivity contribution in [3.8, 4) is 17.3 Å². The Morgan fingerprint density at radius 1 is 1.14 bits per heavy atom. The Labute approximate surface area is 167 Å². The van der Waals surface area contributed by atoms with Gasteiger partial charge in [-0.1, -0.05) is 12.1 Å². The zero-order valence-electron chi connectivity index (χ0n) is 16.9. The van der Waals surface area contributed by atoms with Crippen LogP contribution in [0.4, 0.5) is 0 Å². The van der Waals surface area contributed by atoms with E-state index in [1.165, 1.54) is 43.5 Å².